The van der Waals surface area contributed by atoms with Gasteiger partial charge >= 0.3 is 0 Å². The second-order valence-electron chi connectivity index (χ2n) is 4.97. The van der Waals surface area contributed by atoms with Crippen molar-refractivity contribution in [3.05, 3.63) is 33.7 Å². The SMILES string of the molecule is COc1cc(C(=O)Nc2sc(C)c(C)c2C#N)cc(OC)c1OC. The van der Waals surface area contributed by atoms with Crippen LogP contribution in [0.1, 0.15) is 26.4 Å². The standard InChI is InChI=1S/C17H18N2O4S/c1-9-10(2)24-17(12(9)8-18)19-16(20)11-6-13(21-3)15(23-5)14(7-11)22-4/h6-7H,1-5H3,(H,19,20). The zero-order valence-electron chi connectivity index (χ0n) is 14.1. The zero-order valence-corrected chi connectivity index (χ0v) is 15.0. The second-order valence-corrected chi connectivity index (χ2v) is 6.19. The maximum Gasteiger partial charge on any atom is 0.256 e. The molecule has 2 rings (SSSR count). The Hall–Kier alpha value is -2.72. The van der Waals surface area contributed by atoms with Gasteiger partial charge in [-0.25, -0.2) is 0 Å². The molecule has 0 aliphatic heterocycles. The number of rotatable bonds is 5. The molecule has 1 aromatic carbocycles. The third-order valence-corrected chi connectivity index (χ3v) is 4.77. The monoisotopic (exact) mass is 346 g/mol. The van der Waals surface area contributed by atoms with Crippen LogP contribution in [-0.4, -0.2) is 27.2 Å². The predicted octanol–water partition coefficient (Wildman–Crippen LogP) is 3.51. The fraction of sp³-hybridized carbons (Fsp3) is 0.294. The Labute approximate surface area is 144 Å². The van der Waals surface area contributed by atoms with Gasteiger partial charge in [0, 0.05) is 10.4 Å². The molecule has 6 nitrogen and oxygen atoms in total. The van der Waals surface area contributed by atoms with Gasteiger partial charge in [0.1, 0.15) is 11.1 Å². The molecule has 0 aliphatic carbocycles. The van der Waals surface area contributed by atoms with Crippen LogP contribution in [0.5, 0.6) is 17.2 Å². The van der Waals surface area contributed by atoms with Gasteiger partial charge in [0.15, 0.2) is 11.5 Å². The number of aryl methyl sites for hydroxylation is 1. The normalized spacial score (nSPS) is 10.0. The summed E-state index contributed by atoms with van der Waals surface area (Å²) in [6.45, 7) is 3.77. The summed E-state index contributed by atoms with van der Waals surface area (Å²) < 4.78 is 15.8. The molecule has 0 fully saturated rings. The second kappa shape index (κ2) is 7.23. The van der Waals surface area contributed by atoms with E-state index in [1.165, 1.54) is 32.7 Å². The van der Waals surface area contributed by atoms with Crippen molar-refractivity contribution in [3.63, 3.8) is 0 Å². The summed E-state index contributed by atoms with van der Waals surface area (Å²) in [6.07, 6.45) is 0. The molecule has 0 atom stereocenters. The van der Waals surface area contributed by atoms with E-state index < -0.39 is 0 Å². The van der Waals surface area contributed by atoms with Gasteiger partial charge in [-0.05, 0) is 31.5 Å². The number of hydrogen-bond donors (Lipinski definition) is 1. The van der Waals surface area contributed by atoms with E-state index in [1.807, 2.05) is 13.8 Å². The number of benzene rings is 1. The molecule has 7 heteroatoms. The van der Waals surface area contributed by atoms with Crippen LogP contribution in [-0.2, 0) is 0 Å². The molecular weight excluding hydrogens is 328 g/mol. The van der Waals surface area contributed by atoms with Crippen molar-refractivity contribution >= 4 is 22.2 Å². The van der Waals surface area contributed by atoms with Gasteiger partial charge in [0.25, 0.3) is 5.91 Å². The molecule has 0 aliphatic rings. The first-order chi connectivity index (χ1) is 11.5. The molecule has 1 aromatic heterocycles. The smallest absolute Gasteiger partial charge is 0.256 e. The van der Waals surface area contributed by atoms with Gasteiger partial charge in [-0.2, -0.15) is 5.26 Å². The minimum atomic E-state index is -0.355. The minimum absolute atomic E-state index is 0.345. The van der Waals surface area contributed by atoms with Crippen molar-refractivity contribution < 1.29 is 19.0 Å². The first kappa shape index (κ1) is 17.6. The Kier molecular flexibility index (Phi) is 5.31. The summed E-state index contributed by atoms with van der Waals surface area (Å²) in [5, 5.41) is 12.6. The van der Waals surface area contributed by atoms with Gasteiger partial charge in [-0.3, -0.25) is 4.79 Å². The van der Waals surface area contributed by atoms with E-state index in [0.717, 1.165) is 10.4 Å². The molecule has 0 bridgehead atoms. The molecule has 1 N–H and O–H groups in total. The maximum atomic E-state index is 12.6. The summed E-state index contributed by atoms with van der Waals surface area (Å²) in [7, 11) is 4.47. The average Bonchev–Trinajstić information content (AvgIpc) is 2.86. The van der Waals surface area contributed by atoms with Crippen molar-refractivity contribution in [2.75, 3.05) is 26.6 Å². The molecule has 1 amide bonds. The van der Waals surface area contributed by atoms with Crippen LogP contribution >= 0.6 is 11.3 Å². The maximum absolute atomic E-state index is 12.6. The van der Waals surface area contributed by atoms with E-state index in [1.54, 1.807) is 12.1 Å². The molecule has 24 heavy (non-hydrogen) atoms. The summed E-state index contributed by atoms with van der Waals surface area (Å²) >= 11 is 1.37. The summed E-state index contributed by atoms with van der Waals surface area (Å²) in [5.41, 5.74) is 1.71. The van der Waals surface area contributed by atoms with Crippen LogP contribution in [0.2, 0.25) is 0 Å². The number of anilines is 1. The minimum Gasteiger partial charge on any atom is -0.493 e. The van der Waals surface area contributed by atoms with Gasteiger partial charge in [-0.15, -0.1) is 11.3 Å². The number of thiophene rings is 1. The highest BCUT2D eigenvalue weighted by atomic mass is 32.1. The highest BCUT2D eigenvalue weighted by molar-refractivity contribution is 7.16. The van der Waals surface area contributed by atoms with Crippen molar-refractivity contribution in [1.29, 1.82) is 5.26 Å². The Morgan fingerprint density at radius 3 is 2.17 bits per heavy atom. The lowest BCUT2D eigenvalue weighted by molar-refractivity contribution is 0.102. The van der Waals surface area contributed by atoms with Gasteiger partial charge < -0.3 is 19.5 Å². The van der Waals surface area contributed by atoms with Crippen molar-refractivity contribution in [2.45, 2.75) is 13.8 Å². The van der Waals surface area contributed by atoms with E-state index >= 15 is 0 Å². The highest BCUT2D eigenvalue weighted by Crippen LogP contribution is 2.39. The molecule has 0 radical (unpaired) electrons. The van der Waals surface area contributed by atoms with Crippen molar-refractivity contribution in [2.24, 2.45) is 0 Å². The summed E-state index contributed by atoms with van der Waals surface area (Å²) in [5.74, 6) is 0.839. The molecule has 0 spiro atoms. The van der Waals surface area contributed by atoms with Gasteiger partial charge in [-0.1, -0.05) is 0 Å². The zero-order chi connectivity index (χ0) is 17.9. The average molecular weight is 346 g/mol. The van der Waals surface area contributed by atoms with Crippen molar-refractivity contribution in [1.82, 2.24) is 0 Å². The van der Waals surface area contributed by atoms with Gasteiger partial charge in [0.2, 0.25) is 5.75 Å². The number of nitrogens with zero attached hydrogens (tertiary/aromatic N) is 1. The number of ether oxygens (including phenoxy) is 3. The number of nitrogens with one attached hydrogen (secondary N) is 1. The molecule has 0 saturated carbocycles. The van der Waals surface area contributed by atoms with Crippen LogP contribution < -0.4 is 19.5 Å². The van der Waals surface area contributed by atoms with E-state index in [2.05, 4.69) is 11.4 Å². The van der Waals surface area contributed by atoms with E-state index in [9.17, 15) is 10.1 Å². The number of methoxy groups -OCH3 is 3. The molecule has 2 aromatic rings. The van der Waals surface area contributed by atoms with Crippen LogP contribution in [0.25, 0.3) is 0 Å². The third-order valence-electron chi connectivity index (χ3n) is 3.65. The Morgan fingerprint density at radius 1 is 1.12 bits per heavy atom. The Balaban J connectivity index is 2.41. The number of amides is 1. The first-order valence-corrected chi connectivity index (χ1v) is 7.89. The molecule has 0 saturated heterocycles. The number of carbonyl (C=O) groups excluding carboxylic acids is 1. The van der Waals surface area contributed by atoms with E-state index in [4.69, 9.17) is 14.2 Å². The predicted molar refractivity (Wildman–Crippen MR) is 92.6 cm³/mol. The van der Waals surface area contributed by atoms with Crippen LogP contribution in [0.3, 0.4) is 0 Å². The van der Waals surface area contributed by atoms with E-state index in [-0.39, 0.29) is 5.91 Å². The number of hydrogen-bond acceptors (Lipinski definition) is 6. The van der Waals surface area contributed by atoms with Crippen LogP contribution in [0, 0.1) is 25.2 Å². The quantitative estimate of drug-likeness (QED) is 0.896. The molecule has 1 heterocycles. The molecule has 126 valence electrons. The van der Waals surface area contributed by atoms with Gasteiger partial charge in [0.05, 0.1) is 26.9 Å². The topological polar surface area (TPSA) is 80.6 Å². The highest BCUT2D eigenvalue weighted by Gasteiger charge is 2.19. The van der Waals surface area contributed by atoms with E-state index in [0.29, 0.717) is 33.4 Å². The Morgan fingerprint density at radius 2 is 1.71 bits per heavy atom. The lowest BCUT2D eigenvalue weighted by atomic mass is 10.1. The lowest BCUT2D eigenvalue weighted by Gasteiger charge is -2.14. The summed E-state index contributed by atoms with van der Waals surface area (Å²) in [4.78, 5) is 13.6. The largest absolute Gasteiger partial charge is 0.493 e. The lowest BCUT2D eigenvalue weighted by Crippen LogP contribution is -2.12. The van der Waals surface area contributed by atoms with Crippen molar-refractivity contribution in [3.8, 4) is 23.3 Å². The molecular formula is C17H18N2O4S. The third kappa shape index (κ3) is 3.14. The summed E-state index contributed by atoms with van der Waals surface area (Å²) in [6, 6.07) is 5.26. The number of carbonyl (C=O) groups is 1. The van der Waals surface area contributed by atoms with Crippen LogP contribution in [0.4, 0.5) is 5.00 Å². The first-order valence-electron chi connectivity index (χ1n) is 7.08. The number of nitriles is 1. The fourth-order valence-corrected chi connectivity index (χ4v) is 3.24. The Bertz CT molecular complexity index is 796. The van der Waals surface area contributed by atoms with Crippen LogP contribution in [0.15, 0.2) is 12.1 Å². The fourth-order valence-electron chi connectivity index (χ4n) is 2.24. The molecule has 0 unspecified atom stereocenters.